The van der Waals surface area contributed by atoms with E-state index < -0.39 is 0 Å². The van der Waals surface area contributed by atoms with Crippen molar-refractivity contribution >= 4 is 11.5 Å². The van der Waals surface area contributed by atoms with Crippen LogP contribution in [0.25, 0.3) is 6.01 Å². The summed E-state index contributed by atoms with van der Waals surface area (Å²) in [5.41, 5.74) is 0. The van der Waals surface area contributed by atoms with Gasteiger partial charge in [-0.25, -0.2) is 0 Å². The number of hydrogen-bond donors (Lipinski definition) is 0. The minimum Gasteiger partial charge on any atom is -0.392 e. The Hall–Kier alpha value is -1.16. The van der Waals surface area contributed by atoms with Crippen LogP contribution in [-0.2, 0) is 0 Å². The van der Waals surface area contributed by atoms with E-state index in [4.69, 9.17) is 4.42 Å². The van der Waals surface area contributed by atoms with Gasteiger partial charge in [-0.1, -0.05) is 0 Å². The fourth-order valence-electron chi connectivity index (χ4n) is 0.683. The second-order valence-electron chi connectivity index (χ2n) is 1.72. The van der Waals surface area contributed by atoms with E-state index in [-0.39, 0.29) is 0 Å². The molecular formula is C6H5N2OS+. The Morgan fingerprint density at radius 1 is 1.60 bits per heavy atom. The highest BCUT2D eigenvalue weighted by molar-refractivity contribution is 6.99. The number of oxazole rings is 1. The fourth-order valence-corrected chi connectivity index (χ4v) is 1.28. The Balaban J connectivity index is 2.48. The van der Waals surface area contributed by atoms with E-state index in [0.717, 1.165) is 0 Å². The lowest BCUT2D eigenvalue weighted by atomic mass is 10.8. The van der Waals surface area contributed by atoms with Crippen LogP contribution in [0.15, 0.2) is 34.5 Å². The molecule has 4 heteroatoms. The van der Waals surface area contributed by atoms with Gasteiger partial charge in [0, 0.05) is 16.9 Å². The molecule has 2 aromatic heterocycles. The maximum atomic E-state index is 5.04. The molecule has 0 aliphatic heterocycles. The minimum absolute atomic E-state index is 0.620. The molecular weight excluding hydrogens is 148 g/mol. The highest BCUT2D eigenvalue weighted by Gasteiger charge is 2.09. The van der Waals surface area contributed by atoms with E-state index in [1.807, 2.05) is 21.6 Å². The van der Waals surface area contributed by atoms with Crippen molar-refractivity contribution in [2.45, 2.75) is 0 Å². The second kappa shape index (κ2) is 2.22. The molecule has 0 saturated heterocycles. The molecule has 3 nitrogen and oxygen atoms in total. The lowest BCUT2D eigenvalue weighted by molar-refractivity contribution is -0.540. The summed E-state index contributed by atoms with van der Waals surface area (Å²) in [6, 6.07) is 2.56. The van der Waals surface area contributed by atoms with Crippen LogP contribution in [-0.4, -0.2) is 4.98 Å². The molecule has 2 heterocycles. The zero-order valence-electron chi connectivity index (χ0n) is 5.10. The smallest absolute Gasteiger partial charge is 0.392 e. The quantitative estimate of drug-likeness (QED) is 0.572. The zero-order valence-corrected chi connectivity index (χ0v) is 5.91. The third-order valence-corrected chi connectivity index (χ3v) is 1.87. The van der Waals surface area contributed by atoms with Crippen LogP contribution in [0.2, 0.25) is 0 Å². The second-order valence-corrected chi connectivity index (χ2v) is 2.60. The molecule has 0 bridgehead atoms. The molecule has 0 aromatic carbocycles. The van der Waals surface area contributed by atoms with E-state index in [1.165, 1.54) is 0 Å². The Bertz CT molecular complexity index is 255. The van der Waals surface area contributed by atoms with Gasteiger partial charge in [-0.15, -0.1) is 3.96 Å². The maximum Gasteiger partial charge on any atom is 0.519 e. The minimum atomic E-state index is 0.620. The molecule has 0 fully saturated rings. The van der Waals surface area contributed by atoms with Crippen molar-refractivity contribution in [2.24, 2.45) is 0 Å². The van der Waals surface area contributed by atoms with E-state index in [2.05, 4.69) is 4.98 Å². The van der Waals surface area contributed by atoms with Crippen molar-refractivity contribution in [2.75, 3.05) is 0 Å². The molecule has 50 valence electrons. The SMILES string of the molecule is c1cs[n+](-c2ncco2)c1. The first-order chi connectivity index (χ1) is 4.97. The van der Waals surface area contributed by atoms with Gasteiger partial charge in [0.2, 0.25) is 0 Å². The summed E-state index contributed by atoms with van der Waals surface area (Å²) in [6.45, 7) is 0. The first kappa shape index (κ1) is 5.61. The van der Waals surface area contributed by atoms with Crippen LogP contribution in [0.3, 0.4) is 0 Å². The molecule has 0 unspecified atom stereocenters. The number of hydrogen-bond acceptors (Lipinski definition) is 3. The number of aromatic nitrogens is 2. The Morgan fingerprint density at radius 2 is 2.60 bits per heavy atom. The maximum absolute atomic E-state index is 5.04. The van der Waals surface area contributed by atoms with Crippen molar-refractivity contribution < 1.29 is 8.37 Å². The standard InChI is InChI=1S/C6H5N2OS/c1-3-8(10-5-1)6-7-2-4-9-6/h1-5H/q+1. The summed E-state index contributed by atoms with van der Waals surface area (Å²) >= 11 is 1.54. The van der Waals surface area contributed by atoms with Gasteiger partial charge in [-0.3, -0.25) is 0 Å². The van der Waals surface area contributed by atoms with Gasteiger partial charge < -0.3 is 4.42 Å². The summed E-state index contributed by atoms with van der Waals surface area (Å²) in [5.74, 6) is 0. The zero-order chi connectivity index (χ0) is 6.81. The number of nitrogens with zero attached hydrogens (tertiary/aromatic N) is 2. The van der Waals surface area contributed by atoms with Gasteiger partial charge in [-0.05, 0) is 11.1 Å². The summed E-state index contributed by atoms with van der Waals surface area (Å²) < 4.78 is 6.89. The average Bonchev–Trinajstić information content (AvgIpc) is 2.59. The van der Waals surface area contributed by atoms with Gasteiger partial charge in [0.05, 0.1) is 0 Å². The molecule has 0 aliphatic carbocycles. The highest BCUT2D eigenvalue weighted by Crippen LogP contribution is 1.96. The van der Waals surface area contributed by atoms with Crippen molar-refractivity contribution in [3.05, 3.63) is 30.1 Å². The van der Waals surface area contributed by atoms with Crippen LogP contribution < -0.4 is 3.96 Å². The Morgan fingerprint density at radius 3 is 3.20 bits per heavy atom. The normalized spacial score (nSPS) is 10.0. The van der Waals surface area contributed by atoms with E-state index in [0.29, 0.717) is 6.01 Å². The molecule has 0 saturated carbocycles. The molecule has 0 spiro atoms. The van der Waals surface area contributed by atoms with E-state index >= 15 is 0 Å². The van der Waals surface area contributed by atoms with Crippen LogP contribution in [0, 0.1) is 0 Å². The molecule has 2 rings (SSSR count). The first-order valence-electron chi connectivity index (χ1n) is 2.82. The molecule has 2 aromatic rings. The monoisotopic (exact) mass is 153 g/mol. The highest BCUT2D eigenvalue weighted by atomic mass is 32.1. The van der Waals surface area contributed by atoms with Crippen LogP contribution in [0.4, 0.5) is 0 Å². The van der Waals surface area contributed by atoms with E-state index in [9.17, 15) is 0 Å². The average molecular weight is 153 g/mol. The van der Waals surface area contributed by atoms with Crippen LogP contribution in [0.1, 0.15) is 0 Å². The molecule has 0 aliphatic rings. The van der Waals surface area contributed by atoms with Gasteiger partial charge >= 0.3 is 6.01 Å². The lowest BCUT2D eigenvalue weighted by Gasteiger charge is -1.76. The van der Waals surface area contributed by atoms with Crippen LogP contribution in [0.5, 0.6) is 0 Å². The third-order valence-electron chi connectivity index (χ3n) is 1.08. The fraction of sp³-hybridized carbons (Fsp3) is 0. The summed E-state index contributed by atoms with van der Waals surface area (Å²) in [6.07, 6.45) is 5.08. The van der Waals surface area contributed by atoms with Crippen LogP contribution >= 0.6 is 11.5 Å². The van der Waals surface area contributed by atoms with Gasteiger partial charge in [0.15, 0.2) is 6.20 Å². The van der Waals surface area contributed by atoms with Gasteiger partial charge in [0.1, 0.15) is 12.5 Å². The Kier molecular flexibility index (Phi) is 1.25. The van der Waals surface area contributed by atoms with Crippen molar-refractivity contribution in [1.82, 2.24) is 4.98 Å². The molecule has 0 radical (unpaired) electrons. The summed E-state index contributed by atoms with van der Waals surface area (Å²) in [7, 11) is 0. The topological polar surface area (TPSA) is 29.9 Å². The summed E-state index contributed by atoms with van der Waals surface area (Å²) in [5, 5.41) is 1.96. The lowest BCUT2D eigenvalue weighted by Crippen LogP contribution is -2.23. The van der Waals surface area contributed by atoms with Crippen molar-refractivity contribution in [3.63, 3.8) is 0 Å². The van der Waals surface area contributed by atoms with E-state index in [1.54, 1.807) is 24.0 Å². The third kappa shape index (κ3) is 0.823. The largest absolute Gasteiger partial charge is 0.519 e. The van der Waals surface area contributed by atoms with Crippen molar-refractivity contribution in [1.29, 1.82) is 0 Å². The summed E-state index contributed by atoms with van der Waals surface area (Å²) in [4.78, 5) is 3.97. The molecule has 0 amide bonds. The van der Waals surface area contributed by atoms with Crippen molar-refractivity contribution in [3.8, 4) is 6.01 Å². The molecule has 0 N–H and O–H groups in total. The Labute approximate surface area is 61.7 Å². The van der Waals surface area contributed by atoms with Gasteiger partial charge in [-0.2, -0.15) is 0 Å². The molecule has 10 heavy (non-hydrogen) atoms. The predicted molar refractivity (Wildman–Crippen MR) is 35.9 cm³/mol. The first-order valence-corrected chi connectivity index (χ1v) is 3.66. The predicted octanol–water partition coefficient (Wildman–Crippen LogP) is 1.01. The molecule has 0 atom stereocenters. The van der Waals surface area contributed by atoms with Gasteiger partial charge in [0.25, 0.3) is 0 Å². The number of rotatable bonds is 1.